The lowest BCUT2D eigenvalue weighted by molar-refractivity contribution is 0.847. The molecular formula is C16H17BrClN. The fraction of sp³-hybridized carbons (Fsp3) is 0.250. The molecular weight excluding hydrogens is 322 g/mol. The van der Waals surface area contributed by atoms with Gasteiger partial charge in [-0.2, -0.15) is 0 Å². The van der Waals surface area contributed by atoms with Gasteiger partial charge in [0.25, 0.3) is 0 Å². The summed E-state index contributed by atoms with van der Waals surface area (Å²) in [5.41, 5.74) is 9.63. The predicted octanol–water partition coefficient (Wildman–Crippen LogP) is 5.27. The number of halogens is 2. The van der Waals surface area contributed by atoms with Crippen LogP contribution >= 0.6 is 27.5 Å². The molecule has 0 amide bonds. The maximum atomic E-state index is 6.31. The summed E-state index contributed by atoms with van der Waals surface area (Å²) >= 11 is 9.68. The topological polar surface area (TPSA) is 26.0 Å². The molecule has 1 atom stereocenters. The van der Waals surface area contributed by atoms with Gasteiger partial charge in [-0.25, -0.2) is 0 Å². The standard InChI is InChI=1S/C16H17BrClN/c1-10(2)11-3-5-12(6-4-11)16(19)14-9-13(17)7-8-15(14)18/h3-10,16H,19H2,1-2H3. The second-order valence-corrected chi connectivity index (χ2v) is 6.29. The monoisotopic (exact) mass is 337 g/mol. The summed E-state index contributed by atoms with van der Waals surface area (Å²) < 4.78 is 0.987. The Kier molecular flexibility index (Phi) is 4.67. The normalized spacial score (nSPS) is 12.7. The van der Waals surface area contributed by atoms with E-state index in [4.69, 9.17) is 17.3 Å². The lowest BCUT2D eigenvalue weighted by Crippen LogP contribution is -2.12. The van der Waals surface area contributed by atoms with Crippen LogP contribution in [0.1, 0.15) is 42.5 Å². The fourth-order valence-electron chi connectivity index (χ4n) is 2.02. The van der Waals surface area contributed by atoms with Crippen molar-refractivity contribution in [2.45, 2.75) is 25.8 Å². The van der Waals surface area contributed by atoms with Gasteiger partial charge in [0.1, 0.15) is 0 Å². The number of hydrogen-bond donors (Lipinski definition) is 1. The van der Waals surface area contributed by atoms with Crippen LogP contribution in [-0.2, 0) is 0 Å². The Balaban J connectivity index is 2.33. The molecule has 0 aliphatic rings. The van der Waals surface area contributed by atoms with Crippen molar-refractivity contribution < 1.29 is 0 Å². The number of benzene rings is 2. The largest absolute Gasteiger partial charge is 0.320 e. The summed E-state index contributed by atoms with van der Waals surface area (Å²) in [6.45, 7) is 4.36. The average Bonchev–Trinajstić information content (AvgIpc) is 2.41. The van der Waals surface area contributed by atoms with Gasteiger partial charge in [0.05, 0.1) is 6.04 Å². The van der Waals surface area contributed by atoms with Gasteiger partial charge in [0, 0.05) is 9.50 Å². The van der Waals surface area contributed by atoms with E-state index in [1.54, 1.807) is 0 Å². The van der Waals surface area contributed by atoms with Gasteiger partial charge in [-0.1, -0.05) is 65.6 Å². The van der Waals surface area contributed by atoms with Crippen molar-refractivity contribution in [3.8, 4) is 0 Å². The summed E-state index contributed by atoms with van der Waals surface area (Å²) in [7, 11) is 0. The van der Waals surface area contributed by atoms with Gasteiger partial charge in [-0.05, 0) is 40.8 Å². The van der Waals surface area contributed by atoms with E-state index < -0.39 is 0 Å². The molecule has 2 aromatic carbocycles. The van der Waals surface area contributed by atoms with E-state index in [2.05, 4.69) is 54.0 Å². The SMILES string of the molecule is CC(C)c1ccc(C(N)c2cc(Br)ccc2Cl)cc1. The van der Waals surface area contributed by atoms with Crippen LogP contribution in [-0.4, -0.2) is 0 Å². The molecule has 19 heavy (non-hydrogen) atoms. The minimum Gasteiger partial charge on any atom is -0.320 e. The van der Waals surface area contributed by atoms with Crippen molar-refractivity contribution >= 4 is 27.5 Å². The van der Waals surface area contributed by atoms with E-state index in [1.165, 1.54) is 5.56 Å². The van der Waals surface area contributed by atoms with Crippen molar-refractivity contribution in [3.63, 3.8) is 0 Å². The van der Waals surface area contributed by atoms with E-state index in [1.807, 2.05) is 18.2 Å². The van der Waals surface area contributed by atoms with Crippen LogP contribution in [0.2, 0.25) is 5.02 Å². The molecule has 0 saturated heterocycles. The first-order valence-corrected chi connectivity index (χ1v) is 7.46. The second-order valence-electron chi connectivity index (χ2n) is 4.96. The molecule has 0 spiro atoms. The van der Waals surface area contributed by atoms with E-state index in [-0.39, 0.29) is 6.04 Å². The number of nitrogens with two attached hydrogens (primary N) is 1. The summed E-state index contributed by atoms with van der Waals surface area (Å²) in [4.78, 5) is 0. The Morgan fingerprint density at radius 2 is 1.58 bits per heavy atom. The first-order valence-electron chi connectivity index (χ1n) is 6.29. The molecule has 2 rings (SSSR count). The summed E-state index contributed by atoms with van der Waals surface area (Å²) in [6, 6.07) is 14.0. The molecule has 2 N–H and O–H groups in total. The third-order valence-corrected chi connectivity index (χ3v) is 4.09. The van der Waals surface area contributed by atoms with Crippen LogP contribution < -0.4 is 5.73 Å². The maximum Gasteiger partial charge on any atom is 0.0566 e. The minimum absolute atomic E-state index is 0.203. The zero-order chi connectivity index (χ0) is 14.0. The lowest BCUT2D eigenvalue weighted by atomic mass is 9.96. The summed E-state index contributed by atoms with van der Waals surface area (Å²) in [5.74, 6) is 0.528. The Bertz CT molecular complexity index is 563. The smallest absolute Gasteiger partial charge is 0.0566 e. The fourth-order valence-corrected chi connectivity index (χ4v) is 2.63. The Morgan fingerprint density at radius 1 is 1.00 bits per heavy atom. The van der Waals surface area contributed by atoms with Gasteiger partial charge in [0.15, 0.2) is 0 Å². The number of hydrogen-bond acceptors (Lipinski definition) is 1. The lowest BCUT2D eigenvalue weighted by Gasteiger charge is -2.16. The molecule has 0 radical (unpaired) electrons. The highest BCUT2D eigenvalue weighted by Crippen LogP contribution is 2.29. The quantitative estimate of drug-likeness (QED) is 0.810. The zero-order valence-corrected chi connectivity index (χ0v) is 13.4. The molecule has 1 nitrogen and oxygen atoms in total. The summed E-state index contributed by atoms with van der Waals surface area (Å²) in [6.07, 6.45) is 0. The molecule has 100 valence electrons. The van der Waals surface area contributed by atoms with Crippen molar-refractivity contribution in [3.05, 3.63) is 68.7 Å². The molecule has 2 aromatic rings. The Morgan fingerprint density at radius 3 is 2.16 bits per heavy atom. The molecule has 3 heteroatoms. The highest BCUT2D eigenvalue weighted by atomic mass is 79.9. The van der Waals surface area contributed by atoms with Crippen LogP contribution in [0.15, 0.2) is 46.9 Å². The van der Waals surface area contributed by atoms with Crippen LogP contribution in [0.25, 0.3) is 0 Å². The average molecular weight is 339 g/mol. The molecule has 0 saturated carbocycles. The van der Waals surface area contributed by atoms with E-state index >= 15 is 0 Å². The van der Waals surface area contributed by atoms with Crippen molar-refractivity contribution in [1.82, 2.24) is 0 Å². The number of rotatable bonds is 3. The third-order valence-electron chi connectivity index (χ3n) is 3.26. The van der Waals surface area contributed by atoms with Gasteiger partial charge in [-0.15, -0.1) is 0 Å². The first-order chi connectivity index (χ1) is 8.99. The third kappa shape index (κ3) is 3.38. The summed E-state index contributed by atoms with van der Waals surface area (Å²) in [5, 5.41) is 0.698. The van der Waals surface area contributed by atoms with E-state index in [0.29, 0.717) is 10.9 Å². The van der Waals surface area contributed by atoms with Gasteiger partial charge < -0.3 is 5.73 Å². The first kappa shape index (κ1) is 14.6. The van der Waals surface area contributed by atoms with Crippen LogP contribution in [0.3, 0.4) is 0 Å². The van der Waals surface area contributed by atoms with E-state index in [9.17, 15) is 0 Å². The van der Waals surface area contributed by atoms with Crippen molar-refractivity contribution in [2.24, 2.45) is 5.73 Å². The van der Waals surface area contributed by atoms with E-state index in [0.717, 1.165) is 15.6 Å². The molecule has 0 aliphatic heterocycles. The minimum atomic E-state index is -0.203. The van der Waals surface area contributed by atoms with Crippen LogP contribution in [0, 0.1) is 0 Å². The van der Waals surface area contributed by atoms with Crippen LogP contribution in [0.5, 0.6) is 0 Å². The zero-order valence-electron chi connectivity index (χ0n) is 11.0. The van der Waals surface area contributed by atoms with Crippen molar-refractivity contribution in [2.75, 3.05) is 0 Å². The predicted molar refractivity (Wildman–Crippen MR) is 85.7 cm³/mol. The van der Waals surface area contributed by atoms with Gasteiger partial charge >= 0.3 is 0 Å². The van der Waals surface area contributed by atoms with Gasteiger partial charge in [0.2, 0.25) is 0 Å². The highest BCUT2D eigenvalue weighted by Gasteiger charge is 2.13. The second kappa shape index (κ2) is 6.08. The van der Waals surface area contributed by atoms with Crippen molar-refractivity contribution in [1.29, 1.82) is 0 Å². The molecule has 0 aliphatic carbocycles. The molecule has 0 heterocycles. The van der Waals surface area contributed by atoms with Gasteiger partial charge in [-0.3, -0.25) is 0 Å². The molecule has 1 unspecified atom stereocenters. The Hall–Kier alpha value is -0.830. The molecule has 0 bridgehead atoms. The highest BCUT2D eigenvalue weighted by molar-refractivity contribution is 9.10. The molecule has 0 fully saturated rings. The maximum absolute atomic E-state index is 6.31. The molecule has 0 aromatic heterocycles. The van der Waals surface area contributed by atoms with Crippen LogP contribution in [0.4, 0.5) is 0 Å². The Labute approximate surface area is 127 Å².